The van der Waals surface area contributed by atoms with Crippen molar-refractivity contribution in [2.75, 3.05) is 20.3 Å². The van der Waals surface area contributed by atoms with Gasteiger partial charge < -0.3 is 13.7 Å². The molecule has 0 aromatic carbocycles. The van der Waals surface area contributed by atoms with E-state index in [0.29, 0.717) is 25.1 Å². The number of alkyl halides is 3. The summed E-state index contributed by atoms with van der Waals surface area (Å²) in [6, 6.07) is 0. The molecule has 0 radical (unpaired) electrons. The number of nitrogens with zero attached hydrogens (tertiary/aromatic N) is 2. The molecule has 0 fully saturated rings. The Morgan fingerprint density at radius 3 is 2.61 bits per heavy atom. The number of aryl methyl sites for hydroxylation is 1. The molecule has 1 heterocycles. The highest BCUT2D eigenvalue weighted by Crippen LogP contribution is 2.35. The van der Waals surface area contributed by atoms with Crippen molar-refractivity contribution in [2.45, 2.75) is 38.6 Å². The van der Waals surface area contributed by atoms with Crippen molar-refractivity contribution < 1.29 is 40.0 Å². The first-order valence-electron chi connectivity index (χ1n) is 9.28. The molecule has 1 aromatic heterocycles. The maximum absolute atomic E-state index is 12.8. The van der Waals surface area contributed by atoms with Crippen molar-refractivity contribution >= 4 is 21.7 Å². The molecule has 1 aromatic rings. The minimum atomic E-state index is -5.96. The van der Waals surface area contributed by atoms with Crippen LogP contribution in [0.5, 0.6) is 5.88 Å². The molecule has 0 N–H and O–H groups in total. The monoisotopic (exact) mass is 462 g/mol. The van der Waals surface area contributed by atoms with Gasteiger partial charge in [0.25, 0.3) is 5.88 Å². The van der Waals surface area contributed by atoms with E-state index in [4.69, 9.17) is 9.47 Å². The lowest BCUT2D eigenvalue weighted by Crippen LogP contribution is -2.29. The number of halogens is 3. The summed E-state index contributed by atoms with van der Waals surface area (Å²) in [6.45, 7) is 3.90. The summed E-state index contributed by atoms with van der Waals surface area (Å²) < 4.78 is 75.5. The lowest BCUT2D eigenvalue weighted by atomic mass is 9.89. The Morgan fingerprint density at radius 1 is 1.32 bits per heavy atom. The normalized spacial score (nSPS) is 16.5. The smallest absolute Gasteiger partial charge is 0.462 e. The van der Waals surface area contributed by atoms with E-state index in [2.05, 4.69) is 25.6 Å². The number of carbonyl (C=O) groups excluding carboxylic acids is 1. The number of carbonyl (C=O) groups is 1. The van der Waals surface area contributed by atoms with Gasteiger partial charge in [-0.25, -0.2) is 14.8 Å². The number of hydrogen-bond acceptors (Lipinski definition) is 8. The fourth-order valence-electron chi connectivity index (χ4n) is 2.69. The topological polar surface area (TPSA) is 105 Å². The zero-order chi connectivity index (χ0) is 23.2. The van der Waals surface area contributed by atoms with Crippen LogP contribution in [0.2, 0.25) is 0 Å². The summed E-state index contributed by atoms with van der Waals surface area (Å²) in [7, 11) is -4.44. The van der Waals surface area contributed by atoms with E-state index in [0.717, 1.165) is 6.20 Å². The van der Waals surface area contributed by atoms with Crippen molar-refractivity contribution in [2.24, 2.45) is 5.92 Å². The van der Waals surface area contributed by atoms with Gasteiger partial charge >= 0.3 is 21.6 Å². The molecule has 0 aliphatic heterocycles. The predicted molar refractivity (Wildman–Crippen MR) is 102 cm³/mol. The second-order valence-corrected chi connectivity index (χ2v) is 8.10. The van der Waals surface area contributed by atoms with Gasteiger partial charge in [-0.2, -0.15) is 21.6 Å². The summed E-state index contributed by atoms with van der Waals surface area (Å²) in [5.74, 6) is -1.89. The molecule has 1 aliphatic rings. The molecule has 0 saturated carbocycles. The molecular weight excluding hydrogens is 441 g/mol. The fraction of sp³-hybridized carbons (Fsp3) is 0.526. The molecule has 1 unspecified atom stereocenters. The third-order valence-electron chi connectivity index (χ3n) is 4.17. The molecule has 31 heavy (non-hydrogen) atoms. The lowest BCUT2D eigenvalue weighted by Gasteiger charge is -2.19. The third kappa shape index (κ3) is 6.18. The number of aromatic nitrogens is 2. The molecule has 1 aliphatic carbocycles. The maximum atomic E-state index is 12.8. The summed E-state index contributed by atoms with van der Waals surface area (Å²) in [5, 5.41) is 0. The van der Waals surface area contributed by atoms with Crippen LogP contribution in [-0.4, -0.2) is 50.2 Å². The molecule has 12 heteroatoms. The van der Waals surface area contributed by atoms with Gasteiger partial charge in [0.05, 0.1) is 24.1 Å². The van der Waals surface area contributed by atoms with Crippen molar-refractivity contribution in [1.29, 1.82) is 0 Å². The molecule has 0 saturated heterocycles. The Balaban J connectivity index is 2.57. The second-order valence-electron chi connectivity index (χ2n) is 6.56. The van der Waals surface area contributed by atoms with Gasteiger partial charge in [-0.3, -0.25) is 0 Å². The van der Waals surface area contributed by atoms with E-state index in [-0.39, 0.29) is 29.9 Å². The van der Waals surface area contributed by atoms with E-state index >= 15 is 0 Å². The standard InChI is InChI=1S/C19H21F3N2O6S/c1-4-29-18(25)13-7-8-15(12(2)10-13)16-17(30-31(26,27)19(20,21)22)23-11-14(24-16)6-5-9-28-3/h11-12H,4-6,9-10H2,1-3H3. The van der Waals surface area contributed by atoms with Crippen LogP contribution in [0.3, 0.4) is 0 Å². The summed E-state index contributed by atoms with van der Waals surface area (Å²) in [4.78, 5) is 19.9. The van der Waals surface area contributed by atoms with E-state index < -0.39 is 33.4 Å². The van der Waals surface area contributed by atoms with Crippen LogP contribution in [0.25, 0.3) is 5.57 Å². The summed E-state index contributed by atoms with van der Waals surface area (Å²) >= 11 is 0. The van der Waals surface area contributed by atoms with E-state index in [1.54, 1.807) is 13.8 Å². The van der Waals surface area contributed by atoms with Gasteiger partial charge in [-0.05, 0) is 32.1 Å². The molecular formula is C19H21F3N2O6S. The van der Waals surface area contributed by atoms with Crippen LogP contribution in [-0.2, 0) is 30.8 Å². The Morgan fingerprint density at radius 2 is 2.03 bits per heavy atom. The minimum absolute atomic E-state index is 0.141. The zero-order valence-electron chi connectivity index (χ0n) is 17.1. The van der Waals surface area contributed by atoms with Gasteiger partial charge in [0.2, 0.25) is 0 Å². The van der Waals surface area contributed by atoms with Gasteiger partial charge in [0.1, 0.15) is 5.69 Å². The van der Waals surface area contributed by atoms with Crippen LogP contribution in [0.15, 0.2) is 23.2 Å². The van der Waals surface area contributed by atoms with Crippen LogP contribution >= 0.6 is 0 Å². The molecule has 0 bridgehead atoms. The first kappa shape index (κ1) is 24.6. The number of rotatable bonds is 9. The quantitative estimate of drug-likeness (QED) is 0.181. The molecule has 170 valence electrons. The number of esters is 1. The average molecular weight is 462 g/mol. The summed E-state index contributed by atoms with van der Waals surface area (Å²) in [6.07, 6.45) is 2.22. The number of ether oxygens (including phenoxy) is 2. The van der Waals surface area contributed by atoms with Crippen molar-refractivity contribution in [1.82, 2.24) is 9.97 Å². The minimum Gasteiger partial charge on any atom is -0.462 e. The Bertz CT molecular complexity index is 1040. The van der Waals surface area contributed by atoms with E-state index in [1.165, 1.54) is 7.11 Å². The maximum Gasteiger partial charge on any atom is 0.534 e. The number of methoxy groups -OCH3 is 1. The molecule has 8 nitrogen and oxygen atoms in total. The van der Waals surface area contributed by atoms with Gasteiger partial charge in [0.15, 0.2) is 0 Å². The van der Waals surface area contributed by atoms with Crippen molar-refractivity contribution in [3.05, 3.63) is 34.6 Å². The predicted octanol–water partition coefficient (Wildman–Crippen LogP) is 2.95. The lowest BCUT2D eigenvalue weighted by molar-refractivity contribution is -0.138. The largest absolute Gasteiger partial charge is 0.534 e. The van der Waals surface area contributed by atoms with Gasteiger partial charge in [0, 0.05) is 19.3 Å². The molecule has 1 atom stereocenters. The van der Waals surface area contributed by atoms with E-state index in [1.807, 2.05) is 0 Å². The highest BCUT2D eigenvalue weighted by atomic mass is 32.2. The Labute approximate surface area is 177 Å². The molecule has 2 rings (SSSR count). The SMILES string of the molecule is CCOC(=O)C1=C=C=C(c2nc(CCCOC)cnc2OS(=O)(=O)C(F)(F)F)C(C)C1. The van der Waals surface area contributed by atoms with Crippen LogP contribution in [0.4, 0.5) is 13.2 Å². The third-order valence-corrected chi connectivity index (χ3v) is 5.11. The van der Waals surface area contributed by atoms with Crippen molar-refractivity contribution in [3.8, 4) is 5.88 Å². The van der Waals surface area contributed by atoms with Crippen LogP contribution in [0, 0.1) is 5.92 Å². The average Bonchev–Trinajstić information content (AvgIpc) is 2.68. The summed E-state index contributed by atoms with van der Waals surface area (Å²) in [5.41, 5.74) is 0.246. The Kier molecular flexibility index (Phi) is 8.02. The first-order valence-corrected chi connectivity index (χ1v) is 10.7. The van der Waals surface area contributed by atoms with E-state index in [9.17, 15) is 26.4 Å². The highest BCUT2D eigenvalue weighted by molar-refractivity contribution is 7.87. The molecule has 0 amide bonds. The second kappa shape index (κ2) is 10.1. The number of allylic oxidation sites excluding steroid dienone is 1. The fourth-order valence-corrected chi connectivity index (χ4v) is 3.11. The molecule has 0 spiro atoms. The number of hydrogen-bond donors (Lipinski definition) is 0. The van der Waals surface area contributed by atoms with Crippen LogP contribution in [0.1, 0.15) is 38.1 Å². The van der Waals surface area contributed by atoms with Gasteiger partial charge in [-0.1, -0.05) is 18.4 Å². The van der Waals surface area contributed by atoms with Crippen LogP contribution < -0.4 is 4.18 Å². The highest BCUT2D eigenvalue weighted by Gasteiger charge is 2.49. The zero-order valence-corrected chi connectivity index (χ0v) is 17.9. The van der Waals surface area contributed by atoms with Crippen molar-refractivity contribution in [3.63, 3.8) is 0 Å². The van der Waals surface area contributed by atoms with Gasteiger partial charge in [-0.15, -0.1) is 0 Å². The first-order chi connectivity index (χ1) is 14.5. The Hall–Kier alpha value is -2.65.